The van der Waals surface area contributed by atoms with Crippen molar-refractivity contribution < 1.29 is 9.53 Å². The maximum Gasteiger partial charge on any atom is 0.253 e. The van der Waals surface area contributed by atoms with Crippen molar-refractivity contribution >= 4 is 16.8 Å². The highest BCUT2D eigenvalue weighted by atomic mass is 16.5. The number of para-hydroxylation sites is 1. The number of hydrogen-bond acceptors (Lipinski definition) is 4. The van der Waals surface area contributed by atoms with Crippen molar-refractivity contribution in [1.29, 1.82) is 0 Å². The molecule has 4 rings (SSSR count). The highest BCUT2D eigenvalue weighted by Crippen LogP contribution is 2.18. The maximum absolute atomic E-state index is 12.6. The Balaban J connectivity index is 1.45. The van der Waals surface area contributed by atoms with Crippen LogP contribution in [0.15, 0.2) is 73.1 Å². The van der Waals surface area contributed by atoms with E-state index in [0.717, 1.165) is 22.0 Å². The van der Waals surface area contributed by atoms with E-state index in [9.17, 15) is 4.79 Å². The quantitative estimate of drug-likeness (QED) is 0.553. The monoisotopic (exact) mass is 358 g/mol. The molecule has 0 aliphatic heterocycles. The zero-order chi connectivity index (χ0) is 18.5. The number of H-pyrrole nitrogens is 1. The van der Waals surface area contributed by atoms with Crippen LogP contribution >= 0.6 is 0 Å². The first-order valence-electron chi connectivity index (χ1n) is 8.62. The lowest BCUT2D eigenvalue weighted by molar-refractivity contribution is 0.0952. The molecule has 2 N–H and O–H groups in total. The van der Waals surface area contributed by atoms with Gasteiger partial charge in [0.2, 0.25) is 5.88 Å². The van der Waals surface area contributed by atoms with E-state index in [-0.39, 0.29) is 5.91 Å². The molecule has 0 fully saturated rings. The first kappa shape index (κ1) is 16.8. The molecular formula is C21H18N4O2. The molecule has 0 saturated heterocycles. The van der Waals surface area contributed by atoms with Crippen LogP contribution < -0.4 is 10.1 Å². The number of nitrogens with one attached hydrogen (secondary N) is 2. The van der Waals surface area contributed by atoms with Crippen molar-refractivity contribution in [1.82, 2.24) is 20.5 Å². The normalized spacial score (nSPS) is 10.7. The van der Waals surface area contributed by atoms with Crippen molar-refractivity contribution in [2.75, 3.05) is 0 Å². The number of aromatic amines is 1. The summed E-state index contributed by atoms with van der Waals surface area (Å²) in [7, 11) is 0. The molecule has 2 aromatic heterocycles. The van der Waals surface area contributed by atoms with Gasteiger partial charge in [-0.2, -0.15) is 5.10 Å². The molecular weight excluding hydrogens is 340 g/mol. The minimum absolute atomic E-state index is 0.178. The van der Waals surface area contributed by atoms with E-state index < -0.39 is 0 Å². The van der Waals surface area contributed by atoms with Crippen molar-refractivity contribution in [2.45, 2.75) is 13.2 Å². The number of pyridine rings is 1. The van der Waals surface area contributed by atoms with E-state index in [1.165, 1.54) is 0 Å². The Bertz CT molecular complexity index is 1060. The summed E-state index contributed by atoms with van der Waals surface area (Å²) >= 11 is 0. The van der Waals surface area contributed by atoms with Crippen LogP contribution in [0.25, 0.3) is 10.9 Å². The van der Waals surface area contributed by atoms with Gasteiger partial charge in [-0.25, -0.2) is 4.98 Å². The summed E-state index contributed by atoms with van der Waals surface area (Å²) in [5.41, 5.74) is 3.16. The van der Waals surface area contributed by atoms with E-state index in [4.69, 9.17) is 4.74 Å². The number of hydrogen-bond donors (Lipinski definition) is 2. The van der Waals surface area contributed by atoms with Gasteiger partial charge in [0, 0.05) is 23.7 Å². The lowest BCUT2D eigenvalue weighted by Gasteiger charge is -2.11. The smallest absolute Gasteiger partial charge is 0.253 e. The number of fused-ring (bicyclic) bond motifs is 1. The van der Waals surface area contributed by atoms with Crippen LogP contribution in [-0.4, -0.2) is 21.1 Å². The Kier molecular flexibility index (Phi) is 4.78. The van der Waals surface area contributed by atoms with Crippen LogP contribution in [-0.2, 0) is 13.2 Å². The molecule has 0 aliphatic carbocycles. The number of nitrogens with zero attached hydrogens (tertiary/aromatic N) is 2. The fourth-order valence-corrected chi connectivity index (χ4v) is 2.84. The highest BCUT2D eigenvalue weighted by molar-refractivity contribution is 6.05. The second-order valence-electron chi connectivity index (χ2n) is 6.06. The number of benzene rings is 2. The first-order chi connectivity index (χ1) is 13.3. The molecule has 6 heteroatoms. The van der Waals surface area contributed by atoms with Crippen LogP contribution in [0.2, 0.25) is 0 Å². The number of ether oxygens (including phenoxy) is 1. The summed E-state index contributed by atoms with van der Waals surface area (Å²) in [6.07, 6.45) is 3.37. The van der Waals surface area contributed by atoms with Gasteiger partial charge < -0.3 is 10.1 Å². The minimum atomic E-state index is -0.178. The molecule has 1 amide bonds. The minimum Gasteiger partial charge on any atom is -0.473 e. The van der Waals surface area contributed by atoms with Crippen LogP contribution in [0.1, 0.15) is 21.5 Å². The molecule has 0 atom stereocenters. The van der Waals surface area contributed by atoms with Gasteiger partial charge >= 0.3 is 0 Å². The van der Waals surface area contributed by atoms with Gasteiger partial charge in [-0.3, -0.25) is 9.89 Å². The molecule has 0 saturated carbocycles. The van der Waals surface area contributed by atoms with E-state index in [1.54, 1.807) is 18.5 Å². The summed E-state index contributed by atoms with van der Waals surface area (Å²) in [6, 6.07) is 19.1. The largest absolute Gasteiger partial charge is 0.473 e. The molecule has 4 aromatic rings. The number of rotatable bonds is 6. The molecule has 0 spiro atoms. The zero-order valence-corrected chi connectivity index (χ0v) is 14.6. The van der Waals surface area contributed by atoms with Crippen LogP contribution in [0.3, 0.4) is 0 Å². The fourth-order valence-electron chi connectivity index (χ4n) is 2.84. The summed E-state index contributed by atoms with van der Waals surface area (Å²) in [4.78, 5) is 16.9. The Morgan fingerprint density at radius 1 is 1.04 bits per heavy atom. The highest BCUT2D eigenvalue weighted by Gasteiger charge is 2.12. The van der Waals surface area contributed by atoms with Gasteiger partial charge in [0.05, 0.1) is 17.3 Å². The van der Waals surface area contributed by atoms with Gasteiger partial charge in [-0.05, 0) is 17.7 Å². The van der Waals surface area contributed by atoms with Gasteiger partial charge in [-0.1, -0.05) is 48.5 Å². The fraction of sp³-hybridized carbons (Fsp3) is 0.0952. The van der Waals surface area contributed by atoms with Crippen LogP contribution in [0.5, 0.6) is 5.88 Å². The number of amides is 1. The average molecular weight is 358 g/mol. The summed E-state index contributed by atoms with van der Waals surface area (Å²) < 4.78 is 5.84. The van der Waals surface area contributed by atoms with Gasteiger partial charge in [0.15, 0.2) is 0 Å². The van der Waals surface area contributed by atoms with E-state index in [0.29, 0.717) is 24.6 Å². The molecule has 6 nitrogen and oxygen atoms in total. The van der Waals surface area contributed by atoms with E-state index in [1.807, 2.05) is 54.6 Å². The van der Waals surface area contributed by atoms with Crippen molar-refractivity contribution in [2.24, 2.45) is 0 Å². The Morgan fingerprint density at radius 2 is 1.93 bits per heavy atom. The average Bonchev–Trinajstić information content (AvgIpc) is 3.21. The molecule has 0 bridgehead atoms. The van der Waals surface area contributed by atoms with E-state index in [2.05, 4.69) is 20.5 Å². The summed E-state index contributed by atoms with van der Waals surface area (Å²) in [5.74, 6) is 0.337. The SMILES string of the molecule is O=C(NCc1cccnc1OCc1ccccc1)c1cccc2cn[nH]c12. The number of carbonyl (C=O) groups is 1. The van der Waals surface area contributed by atoms with Gasteiger partial charge in [0.1, 0.15) is 6.61 Å². The van der Waals surface area contributed by atoms with E-state index >= 15 is 0 Å². The Morgan fingerprint density at radius 3 is 2.81 bits per heavy atom. The summed E-state index contributed by atoms with van der Waals surface area (Å²) in [6.45, 7) is 0.744. The van der Waals surface area contributed by atoms with Gasteiger partial charge in [0.25, 0.3) is 5.91 Å². The molecule has 0 aliphatic rings. The third-order valence-corrected chi connectivity index (χ3v) is 4.23. The third kappa shape index (κ3) is 3.79. The second-order valence-corrected chi connectivity index (χ2v) is 6.06. The molecule has 27 heavy (non-hydrogen) atoms. The molecule has 0 unspecified atom stereocenters. The zero-order valence-electron chi connectivity index (χ0n) is 14.6. The number of aromatic nitrogens is 3. The van der Waals surface area contributed by atoms with Gasteiger partial charge in [-0.15, -0.1) is 0 Å². The topological polar surface area (TPSA) is 79.9 Å². The lowest BCUT2D eigenvalue weighted by atomic mass is 10.1. The first-order valence-corrected chi connectivity index (χ1v) is 8.62. The van der Waals surface area contributed by atoms with Crippen LogP contribution in [0.4, 0.5) is 0 Å². The van der Waals surface area contributed by atoms with Crippen molar-refractivity contribution in [3.63, 3.8) is 0 Å². The predicted octanol–water partition coefficient (Wildman–Crippen LogP) is 3.47. The second kappa shape index (κ2) is 7.70. The standard InChI is InChI=1S/C21H18N4O2/c26-20(18-10-4-8-16-13-24-25-19(16)18)23-12-17-9-5-11-22-21(17)27-14-15-6-2-1-3-7-15/h1-11,13H,12,14H2,(H,23,26)(H,24,25). The third-order valence-electron chi connectivity index (χ3n) is 4.23. The molecule has 2 heterocycles. The van der Waals surface area contributed by atoms with Crippen LogP contribution in [0, 0.1) is 0 Å². The Hall–Kier alpha value is -3.67. The van der Waals surface area contributed by atoms with Crippen molar-refractivity contribution in [3.05, 3.63) is 89.7 Å². The number of carbonyl (C=O) groups excluding carboxylic acids is 1. The Labute approximate surface area is 156 Å². The summed E-state index contributed by atoms with van der Waals surface area (Å²) in [5, 5.41) is 10.7. The predicted molar refractivity (Wildman–Crippen MR) is 102 cm³/mol. The molecule has 2 aromatic carbocycles. The molecule has 134 valence electrons. The van der Waals surface area contributed by atoms with Crippen molar-refractivity contribution in [3.8, 4) is 5.88 Å². The molecule has 0 radical (unpaired) electrons. The maximum atomic E-state index is 12.6. The lowest BCUT2D eigenvalue weighted by Crippen LogP contribution is -2.23.